The fourth-order valence-corrected chi connectivity index (χ4v) is 2.86. The SMILES string of the molecule is COc1ccc(OC[C@H](O)Cn2c(C)[n+](C)c3ccccc32)cc1. The fourth-order valence-electron chi connectivity index (χ4n) is 2.86. The summed E-state index contributed by atoms with van der Waals surface area (Å²) in [6.45, 7) is 2.78. The van der Waals surface area contributed by atoms with E-state index >= 15 is 0 Å². The van der Waals surface area contributed by atoms with Crippen molar-refractivity contribution in [3.05, 3.63) is 54.4 Å². The first-order valence-corrected chi connectivity index (χ1v) is 7.99. The molecular formula is C19H23N2O3+. The second-order valence-corrected chi connectivity index (χ2v) is 5.85. The van der Waals surface area contributed by atoms with Gasteiger partial charge in [0.25, 0.3) is 5.82 Å². The lowest BCUT2D eigenvalue weighted by Crippen LogP contribution is -2.32. The van der Waals surface area contributed by atoms with Gasteiger partial charge in [0.05, 0.1) is 14.2 Å². The van der Waals surface area contributed by atoms with E-state index in [0.29, 0.717) is 6.54 Å². The topological polar surface area (TPSA) is 47.5 Å². The number of rotatable bonds is 6. The van der Waals surface area contributed by atoms with Gasteiger partial charge in [0, 0.05) is 6.92 Å². The van der Waals surface area contributed by atoms with Gasteiger partial charge >= 0.3 is 0 Å². The first-order chi connectivity index (χ1) is 11.6. The van der Waals surface area contributed by atoms with Crippen molar-refractivity contribution in [1.82, 2.24) is 4.57 Å². The molecule has 0 bridgehead atoms. The smallest absolute Gasteiger partial charge is 0.254 e. The summed E-state index contributed by atoms with van der Waals surface area (Å²) < 4.78 is 15.0. The highest BCUT2D eigenvalue weighted by Gasteiger charge is 2.21. The van der Waals surface area contributed by atoms with Crippen LogP contribution in [0.5, 0.6) is 11.5 Å². The molecule has 0 aliphatic heterocycles. The minimum absolute atomic E-state index is 0.238. The van der Waals surface area contributed by atoms with E-state index in [1.807, 2.05) is 43.4 Å². The Balaban J connectivity index is 1.68. The molecule has 0 unspecified atom stereocenters. The third-order valence-electron chi connectivity index (χ3n) is 4.31. The highest BCUT2D eigenvalue weighted by atomic mass is 16.5. The number of aliphatic hydroxyl groups is 1. The summed E-state index contributed by atoms with van der Waals surface area (Å²) in [5.74, 6) is 2.60. The van der Waals surface area contributed by atoms with Gasteiger partial charge in [-0.25, -0.2) is 9.13 Å². The predicted molar refractivity (Wildman–Crippen MR) is 92.3 cm³/mol. The molecule has 24 heavy (non-hydrogen) atoms. The summed E-state index contributed by atoms with van der Waals surface area (Å²) in [7, 11) is 3.66. The number of aromatic nitrogens is 2. The number of para-hydroxylation sites is 2. The second kappa shape index (κ2) is 6.93. The minimum atomic E-state index is -0.596. The maximum Gasteiger partial charge on any atom is 0.254 e. The average Bonchev–Trinajstić information content (AvgIpc) is 2.86. The fraction of sp³-hybridized carbons (Fsp3) is 0.316. The lowest BCUT2D eigenvalue weighted by atomic mass is 10.3. The monoisotopic (exact) mass is 327 g/mol. The Morgan fingerprint density at radius 1 is 1.08 bits per heavy atom. The van der Waals surface area contributed by atoms with Gasteiger partial charge in [-0.1, -0.05) is 12.1 Å². The van der Waals surface area contributed by atoms with Crippen molar-refractivity contribution in [3.63, 3.8) is 0 Å². The highest BCUT2D eigenvalue weighted by molar-refractivity contribution is 5.72. The molecule has 1 heterocycles. The molecule has 3 aromatic rings. The van der Waals surface area contributed by atoms with Crippen LogP contribution in [0.3, 0.4) is 0 Å². The number of hydrogen-bond donors (Lipinski definition) is 1. The molecule has 1 atom stereocenters. The van der Waals surface area contributed by atoms with Crippen molar-refractivity contribution in [1.29, 1.82) is 0 Å². The number of hydrogen-bond acceptors (Lipinski definition) is 3. The van der Waals surface area contributed by atoms with Crippen LogP contribution in [-0.4, -0.2) is 29.5 Å². The van der Waals surface area contributed by atoms with Gasteiger partial charge in [0.1, 0.15) is 30.8 Å². The third-order valence-corrected chi connectivity index (χ3v) is 4.31. The average molecular weight is 327 g/mol. The van der Waals surface area contributed by atoms with E-state index in [-0.39, 0.29) is 6.61 Å². The first kappa shape index (κ1) is 16.3. The van der Waals surface area contributed by atoms with Crippen LogP contribution in [0.25, 0.3) is 11.0 Å². The molecule has 0 aliphatic rings. The number of imidazole rings is 1. The van der Waals surface area contributed by atoms with Gasteiger partial charge in [0.2, 0.25) is 0 Å². The summed E-state index contributed by atoms with van der Waals surface area (Å²) in [5, 5.41) is 10.4. The molecule has 1 N–H and O–H groups in total. The minimum Gasteiger partial charge on any atom is -0.497 e. The number of aliphatic hydroxyl groups excluding tert-OH is 1. The zero-order valence-electron chi connectivity index (χ0n) is 14.3. The van der Waals surface area contributed by atoms with Crippen molar-refractivity contribution in [2.24, 2.45) is 7.05 Å². The van der Waals surface area contributed by atoms with Crippen molar-refractivity contribution in [2.45, 2.75) is 19.6 Å². The van der Waals surface area contributed by atoms with E-state index in [2.05, 4.69) is 28.2 Å². The van der Waals surface area contributed by atoms with Crippen LogP contribution in [0, 0.1) is 6.92 Å². The maximum absolute atomic E-state index is 10.4. The standard InChI is InChI=1S/C19H23N2O3/c1-14-20(2)18-6-4-5-7-19(18)21(14)12-15(22)13-24-17-10-8-16(23-3)9-11-17/h4-11,15,22H,12-13H2,1-3H3/q+1/t15-/m1/s1. The van der Waals surface area contributed by atoms with E-state index in [1.165, 1.54) is 0 Å². The van der Waals surface area contributed by atoms with E-state index < -0.39 is 6.10 Å². The molecule has 5 heteroatoms. The van der Waals surface area contributed by atoms with Gasteiger partial charge in [-0.3, -0.25) is 0 Å². The molecule has 5 nitrogen and oxygen atoms in total. The first-order valence-electron chi connectivity index (χ1n) is 7.99. The van der Waals surface area contributed by atoms with Crippen molar-refractivity contribution in [2.75, 3.05) is 13.7 Å². The van der Waals surface area contributed by atoms with Gasteiger partial charge in [-0.05, 0) is 36.4 Å². The van der Waals surface area contributed by atoms with Gasteiger partial charge < -0.3 is 14.6 Å². The largest absolute Gasteiger partial charge is 0.497 e. The van der Waals surface area contributed by atoms with E-state index in [0.717, 1.165) is 28.4 Å². The number of ether oxygens (including phenoxy) is 2. The Hall–Kier alpha value is -2.53. The maximum atomic E-state index is 10.4. The Kier molecular flexibility index (Phi) is 4.71. The molecule has 0 saturated heterocycles. The van der Waals surface area contributed by atoms with Crippen LogP contribution in [-0.2, 0) is 13.6 Å². The van der Waals surface area contributed by atoms with E-state index in [1.54, 1.807) is 7.11 Å². The van der Waals surface area contributed by atoms with Crippen LogP contribution in [0.1, 0.15) is 5.82 Å². The molecule has 3 rings (SSSR count). The quantitative estimate of drug-likeness (QED) is 0.706. The molecule has 2 aromatic carbocycles. The molecule has 0 spiro atoms. The van der Waals surface area contributed by atoms with Crippen LogP contribution >= 0.6 is 0 Å². The molecule has 126 valence electrons. The van der Waals surface area contributed by atoms with E-state index in [4.69, 9.17) is 9.47 Å². The highest BCUT2D eigenvalue weighted by Crippen LogP contribution is 2.18. The molecule has 0 aliphatic carbocycles. The molecule has 0 fully saturated rings. The number of fused-ring (bicyclic) bond motifs is 1. The summed E-state index contributed by atoms with van der Waals surface area (Å²) in [5.41, 5.74) is 2.26. The summed E-state index contributed by atoms with van der Waals surface area (Å²) in [6.07, 6.45) is -0.596. The Labute approximate surface area is 141 Å². The third kappa shape index (κ3) is 3.21. The predicted octanol–water partition coefficient (Wildman–Crippen LogP) is 2.22. The van der Waals surface area contributed by atoms with Gasteiger partial charge in [0.15, 0.2) is 11.0 Å². The molecular weight excluding hydrogens is 304 g/mol. The Bertz CT molecular complexity index is 824. The van der Waals surface area contributed by atoms with Crippen LogP contribution in [0.4, 0.5) is 0 Å². The van der Waals surface area contributed by atoms with Crippen LogP contribution in [0.2, 0.25) is 0 Å². The van der Waals surface area contributed by atoms with Crippen molar-refractivity contribution < 1.29 is 19.1 Å². The molecule has 1 aromatic heterocycles. The molecule has 0 radical (unpaired) electrons. The Morgan fingerprint density at radius 2 is 1.75 bits per heavy atom. The van der Waals surface area contributed by atoms with Gasteiger partial charge in [-0.2, -0.15) is 0 Å². The second-order valence-electron chi connectivity index (χ2n) is 5.85. The summed E-state index contributed by atoms with van der Waals surface area (Å²) in [4.78, 5) is 0. The van der Waals surface area contributed by atoms with Crippen molar-refractivity contribution in [3.8, 4) is 11.5 Å². The normalized spacial score (nSPS) is 12.3. The number of aryl methyl sites for hydroxylation is 1. The molecule has 0 saturated carbocycles. The van der Waals surface area contributed by atoms with Crippen LogP contribution < -0.4 is 14.0 Å². The number of nitrogens with zero attached hydrogens (tertiary/aromatic N) is 2. The zero-order chi connectivity index (χ0) is 17.1. The van der Waals surface area contributed by atoms with E-state index in [9.17, 15) is 5.11 Å². The van der Waals surface area contributed by atoms with Crippen LogP contribution in [0.15, 0.2) is 48.5 Å². The zero-order valence-corrected chi connectivity index (χ0v) is 14.3. The lowest BCUT2D eigenvalue weighted by Gasteiger charge is -2.12. The van der Waals surface area contributed by atoms with Crippen molar-refractivity contribution >= 4 is 11.0 Å². The summed E-state index contributed by atoms with van der Waals surface area (Å²) >= 11 is 0. The Morgan fingerprint density at radius 3 is 2.46 bits per heavy atom. The number of benzene rings is 2. The number of methoxy groups -OCH3 is 1. The van der Waals surface area contributed by atoms with Gasteiger partial charge in [-0.15, -0.1) is 0 Å². The molecule has 0 amide bonds. The lowest BCUT2D eigenvalue weighted by molar-refractivity contribution is -0.652. The summed E-state index contributed by atoms with van der Waals surface area (Å²) in [6, 6.07) is 15.5.